The summed E-state index contributed by atoms with van der Waals surface area (Å²) in [7, 11) is 5.75. The number of likely N-dealkylation sites (N-methyl/N-ethyl adjacent to an activating group) is 1. The van der Waals surface area contributed by atoms with Crippen LogP contribution in [-0.2, 0) is 17.1 Å². The number of amides is 1. The van der Waals surface area contributed by atoms with Gasteiger partial charge in [0.15, 0.2) is 10.9 Å². The van der Waals surface area contributed by atoms with Gasteiger partial charge in [0.05, 0.1) is 18.1 Å². The van der Waals surface area contributed by atoms with Crippen LogP contribution in [0.15, 0.2) is 27.8 Å². The fourth-order valence-electron chi connectivity index (χ4n) is 3.26. The van der Waals surface area contributed by atoms with Gasteiger partial charge in [0.25, 0.3) is 5.91 Å². The number of furan rings is 1. The van der Waals surface area contributed by atoms with Gasteiger partial charge in [-0.25, -0.2) is 9.97 Å². The molecule has 0 radical (unpaired) electrons. The molecule has 0 saturated carbocycles. The quantitative estimate of drug-likeness (QED) is 0.441. The Bertz CT molecular complexity index is 836. The fourth-order valence-corrected chi connectivity index (χ4v) is 4.03. The highest BCUT2D eigenvalue weighted by molar-refractivity contribution is 7.98. The molecule has 164 valence electrons. The number of anilines is 1. The van der Waals surface area contributed by atoms with Crippen LogP contribution in [0.25, 0.3) is 0 Å². The zero-order chi connectivity index (χ0) is 21.5. The van der Waals surface area contributed by atoms with E-state index < -0.39 is 0 Å². The normalized spacial score (nSPS) is 14.9. The molecule has 0 N–H and O–H groups in total. The Hall–Kier alpha value is -2.10. The lowest BCUT2D eigenvalue weighted by Gasteiger charge is -2.31. The Labute approximate surface area is 182 Å². The minimum atomic E-state index is -0.0406. The highest BCUT2D eigenvalue weighted by Crippen LogP contribution is 2.24. The van der Waals surface area contributed by atoms with Gasteiger partial charge < -0.3 is 23.9 Å². The van der Waals surface area contributed by atoms with Crippen molar-refractivity contribution in [2.45, 2.75) is 30.9 Å². The van der Waals surface area contributed by atoms with Crippen LogP contribution in [-0.4, -0.2) is 79.6 Å². The molecule has 1 aliphatic heterocycles. The number of nitrogens with zero attached hydrogens (tertiary/aromatic N) is 5. The van der Waals surface area contributed by atoms with Crippen molar-refractivity contribution in [2.75, 3.05) is 58.8 Å². The number of ether oxygens (including phenoxy) is 1. The number of rotatable bonds is 9. The molecule has 9 heteroatoms. The van der Waals surface area contributed by atoms with Crippen molar-refractivity contribution >= 4 is 23.5 Å². The molecule has 30 heavy (non-hydrogen) atoms. The van der Waals surface area contributed by atoms with Crippen molar-refractivity contribution in [3.63, 3.8) is 0 Å². The highest BCUT2D eigenvalue weighted by Gasteiger charge is 2.23. The summed E-state index contributed by atoms with van der Waals surface area (Å²) in [6.07, 6.45) is 1.04. The van der Waals surface area contributed by atoms with Crippen LogP contribution >= 0.6 is 11.8 Å². The van der Waals surface area contributed by atoms with Gasteiger partial charge in [-0.2, -0.15) is 0 Å². The summed E-state index contributed by atoms with van der Waals surface area (Å²) in [5.74, 6) is 2.53. The van der Waals surface area contributed by atoms with Gasteiger partial charge in [0.2, 0.25) is 0 Å². The maximum Gasteiger partial charge on any atom is 0.289 e. The summed E-state index contributed by atoms with van der Waals surface area (Å²) in [5.41, 5.74) is 0.846. The molecule has 0 spiro atoms. The summed E-state index contributed by atoms with van der Waals surface area (Å²) in [5, 5.41) is 0.672. The van der Waals surface area contributed by atoms with Gasteiger partial charge >= 0.3 is 0 Å². The number of methoxy groups -OCH3 is 1. The van der Waals surface area contributed by atoms with E-state index in [2.05, 4.69) is 33.7 Å². The summed E-state index contributed by atoms with van der Waals surface area (Å²) >= 11 is 1.49. The number of carbonyl (C=O) groups is 1. The second-order valence-corrected chi connectivity index (χ2v) is 8.45. The second kappa shape index (κ2) is 10.8. The molecule has 0 aromatic carbocycles. The van der Waals surface area contributed by atoms with Gasteiger partial charge in [-0.1, -0.05) is 18.7 Å². The molecule has 1 saturated heterocycles. The van der Waals surface area contributed by atoms with Crippen molar-refractivity contribution in [3.05, 3.63) is 35.4 Å². The molecule has 0 aliphatic carbocycles. The van der Waals surface area contributed by atoms with Crippen molar-refractivity contribution in [1.29, 1.82) is 0 Å². The van der Waals surface area contributed by atoms with E-state index in [1.54, 1.807) is 13.2 Å². The van der Waals surface area contributed by atoms with E-state index in [9.17, 15) is 4.79 Å². The Morgan fingerprint density at radius 2 is 2.03 bits per heavy atom. The molecule has 8 nitrogen and oxygen atoms in total. The minimum absolute atomic E-state index is 0.0406. The second-order valence-electron chi connectivity index (χ2n) is 7.50. The van der Waals surface area contributed by atoms with Crippen LogP contribution in [0.3, 0.4) is 0 Å². The third-order valence-corrected chi connectivity index (χ3v) is 5.86. The predicted octanol–water partition coefficient (Wildman–Crippen LogP) is 2.74. The molecule has 2 aromatic rings. The monoisotopic (exact) mass is 433 g/mol. The van der Waals surface area contributed by atoms with Crippen LogP contribution in [0.1, 0.15) is 35.4 Å². The van der Waals surface area contributed by atoms with E-state index in [4.69, 9.17) is 9.15 Å². The SMILES string of the molecule is CCCN(C)c1cc(COC)nc(SCc2ccc(C(=O)N3CCN(C)CC3)o2)n1. The lowest BCUT2D eigenvalue weighted by atomic mass is 10.3. The smallest absolute Gasteiger partial charge is 0.289 e. The molecule has 1 aliphatic rings. The van der Waals surface area contributed by atoms with Gasteiger partial charge in [0, 0.05) is 52.9 Å². The van der Waals surface area contributed by atoms with Crippen molar-refractivity contribution < 1.29 is 13.9 Å². The van der Waals surface area contributed by atoms with Gasteiger partial charge in [-0.05, 0) is 25.6 Å². The number of piperazine rings is 1. The topological polar surface area (TPSA) is 74.9 Å². The van der Waals surface area contributed by atoms with E-state index in [0.29, 0.717) is 23.3 Å². The number of aromatic nitrogens is 2. The molecule has 0 bridgehead atoms. The largest absolute Gasteiger partial charge is 0.455 e. The summed E-state index contributed by atoms with van der Waals surface area (Å²) in [6, 6.07) is 5.58. The maximum absolute atomic E-state index is 12.7. The number of hydrogen-bond acceptors (Lipinski definition) is 8. The van der Waals surface area contributed by atoms with E-state index in [1.165, 1.54) is 11.8 Å². The summed E-state index contributed by atoms with van der Waals surface area (Å²) in [6.45, 7) is 6.74. The van der Waals surface area contributed by atoms with Gasteiger partial charge in [-0.15, -0.1) is 0 Å². The zero-order valence-corrected chi connectivity index (χ0v) is 19.1. The average Bonchev–Trinajstić information content (AvgIpc) is 3.22. The first-order chi connectivity index (χ1) is 14.5. The van der Waals surface area contributed by atoms with Gasteiger partial charge in [0.1, 0.15) is 11.6 Å². The third-order valence-electron chi connectivity index (χ3n) is 4.99. The first-order valence-corrected chi connectivity index (χ1v) is 11.3. The molecular weight excluding hydrogens is 402 g/mol. The highest BCUT2D eigenvalue weighted by atomic mass is 32.2. The fraction of sp³-hybridized carbons (Fsp3) is 0.571. The summed E-state index contributed by atoms with van der Waals surface area (Å²) in [4.78, 5) is 28.1. The lowest BCUT2D eigenvalue weighted by molar-refractivity contribution is 0.0631. The molecular formula is C21H31N5O3S. The predicted molar refractivity (Wildman–Crippen MR) is 118 cm³/mol. The number of carbonyl (C=O) groups excluding carboxylic acids is 1. The van der Waals surface area contributed by atoms with Crippen LogP contribution in [0.4, 0.5) is 5.82 Å². The molecule has 0 unspecified atom stereocenters. The lowest BCUT2D eigenvalue weighted by Crippen LogP contribution is -2.47. The van der Waals surface area contributed by atoms with E-state index >= 15 is 0 Å². The Kier molecular flexibility index (Phi) is 8.12. The molecule has 3 rings (SSSR count). The zero-order valence-electron chi connectivity index (χ0n) is 18.3. The van der Waals surface area contributed by atoms with E-state index in [0.717, 1.165) is 56.4 Å². The first kappa shape index (κ1) is 22.6. The van der Waals surface area contributed by atoms with E-state index in [-0.39, 0.29) is 5.91 Å². The Morgan fingerprint density at radius 1 is 1.27 bits per heavy atom. The molecule has 0 atom stereocenters. The summed E-state index contributed by atoms with van der Waals surface area (Å²) < 4.78 is 11.1. The van der Waals surface area contributed by atoms with Crippen LogP contribution in [0.5, 0.6) is 0 Å². The molecule has 1 fully saturated rings. The number of thioether (sulfide) groups is 1. The third kappa shape index (κ3) is 5.96. The van der Waals surface area contributed by atoms with Crippen LogP contribution < -0.4 is 4.90 Å². The van der Waals surface area contributed by atoms with Gasteiger partial charge in [-0.3, -0.25) is 4.79 Å². The van der Waals surface area contributed by atoms with Crippen molar-refractivity contribution in [2.24, 2.45) is 0 Å². The number of hydrogen-bond donors (Lipinski definition) is 0. The van der Waals surface area contributed by atoms with Crippen molar-refractivity contribution in [1.82, 2.24) is 19.8 Å². The van der Waals surface area contributed by atoms with E-state index in [1.807, 2.05) is 24.1 Å². The van der Waals surface area contributed by atoms with Crippen molar-refractivity contribution in [3.8, 4) is 0 Å². The Morgan fingerprint density at radius 3 is 2.73 bits per heavy atom. The molecule has 3 heterocycles. The maximum atomic E-state index is 12.7. The Balaban J connectivity index is 1.64. The molecule has 1 amide bonds. The first-order valence-electron chi connectivity index (χ1n) is 10.3. The molecule has 2 aromatic heterocycles. The standard InChI is InChI=1S/C21H31N5O3S/c1-5-8-25(3)19-13-16(14-28-4)22-21(23-19)30-15-17-6-7-18(29-17)20(27)26-11-9-24(2)10-12-26/h6-7,13H,5,8-12,14-15H2,1-4H3. The average molecular weight is 434 g/mol. The minimum Gasteiger partial charge on any atom is -0.455 e. The van der Waals surface area contributed by atoms with Crippen LogP contribution in [0, 0.1) is 0 Å². The van der Waals surface area contributed by atoms with Crippen LogP contribution in [0.2, 0.25) is 0 Å².